The summed E-state index contributed by atoms with van der Waals surface area (Å²) in [5, 5.41) is 3.45. The van der Waals surface area contributed by atoms with Crippen molar-refractivity contribution in [3.63, 3.8) is 0 Å². The molecule has 26 heavy (non-hydrogen) atoms. The van der Waals surface area contributed by atoms with Gasteiger partial charge in [0.2, 0.25) is 0 Å². The standard InChI is InChI=1S/C20H29N5O/c1-4-22-20(23-13-17-7-5-6-8-19(17)26-3)24-11-9-16(2)18(14-24)25-12-10-21-15-25/h5-8,10,12,15-16,18H,4,9,11,13-14H2,1-3H3,(H,22,23). The number of nitrogens with one attached hydrogen (secondary N) is 1. The van der Waals surface area contributed by atoms with E-state index in [0.717, 1.165) is 43.3 Å². The Kier molecular flexibility index (Phi) is 6.15. The lowest BCUT2D eigenvalue weighted by atomic mass is 9.93. The third kappa shape index (κ3) is 4.18. The summed E-state index contributed by atoms with van der Waals surface area (Å²) in [5.41, 5.74) is 1.10. The van der Waals surface area contributed by atoms with Gasteiger partial charge in [-0.1, -0.05) is 25.1 Å². The molecule has 3 rings (SSSR count). The van der Waals surface area contributed by atoms with Gasteiger partial charge >= 0.3 is 0 Å². The third-order valence-corrected chi connectivity index (χ3v) is 5.05. The fourth-order valence-electron chi connectivity index (χ4n) is 3.51. The molecule has 0 saturated carbocycles. The lowest BCUT2D eigenvalue weighted by molar-refractivity contribution is 0.189. The van der Waals surface area contributed by atoms with E-state index in [0.29, 0.717) is 18.5 Å². The number of methoxy groups -OCH3 is 1. The topological polar surface area (TPSA) is 54.7 Å². The van der Waals surface area contributed by atoms with Gasteiger partial charge in [-0.15, -0.1) is 0 Å². The lowest BCUT2D eigenvalue weighted by Crippen LogP contribution is -2.49. The largest absolute Gasteiger partial charge is 0.496 e. The van der Waals surface area contributed by atoms with Crippen molar-refractivity contribution in [2.24, 2.45) is 10.9 Å². The predicted octanol–water partition coefficient (Wildman–Crippen LogP) is 2.94. The monoisotopic (exact) mass is 355 g/mol. The second-order valence-corrected chi connectivity index (χ2v) is 6.77. The molecule has 1 aromatic carbocycles. The molecular weight excluding hydrogens is 326 g/mol. The number of piperidine rings is 1. The number of guanidine groups is 1. The zero-order valence-corrected chi connectivity index (χ0v) is 15.9. The van der Waals surface area contributed by atoms with Gasteiger partial charge in [-0.25, -0.2) is 9.98 Å². The molecule has 2 atom stereocenters. The van der Waals surface area contributed by atoms with E-state index in [2.05, 4.69) is 45.9 Å². The third-order valence-electron chi connectivity index (χ3n) is 5.05. The van der Waals surface area contributed by atoms with Gasteiger partial charge < -0.3 is 19.5 Å². The van der Waals surface area contributed by atoms with Crippen molar-refractivity contribution >= 4 is 5.96 Å². The summed E-state index contributed by atoms with van der Waals surface area (Å²) >= 11 is 0. The van der Waals surface area contributed by atoms with Gasteiger partial charge in [-0.3, -0.25) is 0 Å². The molecule has 0 spiro atoms. The number of hydrogen-bond acceptors (Lipinski definition) is 3. The fraction of sp³-hybridized carbons (Fsp3) is 0.500. The molecule has 1 aliphatic heterocycles. The van der Waals surface area contributed by atoms with Crippen LogP contribution >= 0.6 is 0 Å². The summed E-state index contributed by atoms with van der Waals surface area (Å²) in [4.78, 5) is 11.5. The minimum Gasteiger partial charge on any atom is -0.496 e. The number of ether oxygens (including phenoxy) is 1. The number of hydrogen-bond donors (Lipinski definition) is 1. The lowest BCUT2D eigenvalue weighted by Gasteiger charge is -2.39. The van der Waals surface area contributed by atoms with E-state index in [-0.39, 0.29) is 0 Å². The Hall–Kier alpha value is -2.50. The number of likely N-dealkylation sites (tertiary alicyclic amines) is 1. The van der Waals surface area contributed by atoms with E-state index in [1.54, 1.807) is 7.11 Å². The van der Waals surface area contributed by atoms with Crippen LogP contribution in [0.3, 0.4) is 0 Å². The summed E-state index contributed by atoms with van der Waals surface area (Å²) in [5.74, 6) is 2.48. The van der Waals surface area contributed by atoms with E-state index >= 15 is 0 Å². The summed E-state index contributed by atoms with van der Waals surface area (Å²) in [7, 11) is 1.70. The predicted molar refractivity (Wildman–Crippen MR) is 104 cm³/mol. The smallest absolute Gasteiger partial charge is 0.194 e. The molecule has 0 aliphatic carbocycles. The van der Waals surface area contributed by atoms with Crippen molar-refractivity contribution in [3.05, 3.63) is 48.5 Å². The van der Waals surface area contributed by atoms with E-state index in [9.17, 15) is 0 Å². The van der Waals surface area contributed by atoms with Crippen molar-refractivity contribution < 1.29 is 4.74 Å². The van der Waals surface area contributed by atoms with Crippen LogP contribution in [0.1, 0.15) is 31.9 Å². The van der Waals surface area contributed by atoms with Crippen LogP contribution in [0.4, 0.5) is 0 Å². The molecule has 0 radical (unpaired) electrons. The van der Waals surface area contributed by atoms with Gasteiger partial charge in [0.05, 0.1) is 26.0 Å². The Morgan fingerprint density at radius 1 is 1.38 bits per heavy atom. The van der Waals surface area contributed by atoms with Crippen molar-refractivity contribution in [3.8, 4) is 5.75 Å². The van der Waals surface area contributed by atoms with Crippen LogP contribution in [0.5, 0.6) is 5.75 Å². The van der Waals surface area contributed by atoms with Gasteiger partial charge in [0, 0.05) is 37.6 Å². The molecule has 6 heteroatoms. The summed E-state index contributed by atoms with van der Waals surface area (Å²) in [6.07, 6.45) is 6.97. The van der Waals surface area contributed by atoms with Crippen molar-refractivity contribution in [1.29, 1.82) is 0 Å². The molecule has 0 bridgehead atoms. The van der Waals surface area contributed by atoms with Crippen molar-refractivity contribution in [2.75, 3.05) is 26.7 Å². The van der Waals surface area contributed by atoms with E-state index in [4.69, 9.17) is 9.73 Å². The number of benzene rings is 1. The Morgan fingerprint density at radius 2 is 2.23 bits per heavy atom. The van der Waals surface area contributed by atoms with Crippen LogP contribution in [-0.2, 0) is 6.54 Å². The quantitative estimate of drug-likeness (QED) is 0.662. The number of para-hydroxylation sites is 1. The number of nitrogens with zero attached hydrogens (tertiary/aromatic N) is 4. The van der Waals surface area contributed by atoms with Crippen LogP contribution in [0.2, 0.25) is 0 Å². The fourth-order valence-corrected chi connectivity index (χ4v) is 3.51. The first-order valence-electron chi connectivity index (χ1n) is 9.35. The highest BCUT2D eigenvalue weighted by Crippen LogP contribution is 2.27. The number of aromatic nitrogens is 2. The molecule has 1 fully saturated rings. The molecule has 6 nitrogen and oxygen atoms in total. The zero-order chi connectivity index (χ0) is 18.4. The highest BCUT2D eigenvalue weighted by molar-refractivity contribution is 5.80. The molecule has 2 aromatic rings. The average Bonchev–Trinajstić information content (AvgIpc) is 3.20. The second kappa shape index (κ2) is 8.74. The number of aliphatic imine (C=N–C) groups is 1. The van der Waals surface area contributed by atoms with Gasteiger partial charge in [0.25, 0.3) is 0 Å². The number of imidazole rings is 1. The van der Waals surface area contributed by atoms with E-state index in [1.165, 1.54) is 0 Å². The maximum atomic E-state index is 5.45. The van der Waals surface area contributed by atoms with Crippen LogP contribution in [-0.4, -0.2) is 47.2 Å². The number of rotatable bonds is 5. The molecule has 1 aliphatic rings. The van der Waals surface area contributed by atoms with Crippen molar-refractivity contribution in [2.45, 2.75) is 32.9 Å². The minimum atomic E-state index is 0.418. The van der Waals surface area contributed by atoms with Gasteiger partial charge in [0.1, 0.15) is 5.75 Å². The van der Waals surface area contributed by atoms with E-state index < -0.39 is 0 Å². The Morgan fingerprint density at radius 3 is 2.96 bits per heavy atom. The highest BCUT2D eigenvalue weighted by Gasteiger charge is 2.28. The molecule has 1 saturated heterocycles. The Bertz CT molecular complexity index is 713. The molecule has 2 unspecified atom stereocenters. The maximum Gasteiger partial charge on any atom is 0.194 e. The first kappa shape index (κ1) is 18.3. The molecule has 2 heterocycles. The van der Waals surface area contributed by atoms with Gasteiger partial charge in [-0.05, 0) is 25.3 Å². The normalized spacial score (nSPS) is 20.9. The first-order valence-corrected chi connectivity index (χ1v) is 9.35. The first-order chi connectivity index (χ1) is 12.7. The maximum absolute atomic E-state index is 5.45. The van der Waals surface area contributed by atoms with Gasteiger partial charge in [-0.2, -0.15) is 0 Å². The van der Waals surface area contributed by atoms with Crippen LogP contribution < -0.4 is 10.1 Å². The molecular formula is C20H29N5O. The average molecular weight is 355 g/mol. The molecule has 0 amide bonds. The summed E-state index contributed by atoms with van der Waals surface area (Å²) < 4.78 is 7.67. The van der Waals surface area contributed by atoms with Crippen LogP contribution in [0.15, 0.2) is 48.0 Å². The van der Waals surface area contributed by atoms with Crippen LogP contribution in [0, 0.1) is 5.92 Å². The minimum absolute atomic E-state index is 0.418. The molecule has 1 aromatic heterocycles. The Balaban J connectivity index is 1.76. The van der Waals surface area contributed by atoms with Crippen molar-refractivity contribution in [1.82, 2.24) is 19.8 Å². The van der Waals surface area contributed by atoms with Gasteiger partial charge in [0.15, 0.2) is 5.96 Å². The van der Waals surface area contributed by atoms with Crippen LogP contribution in [0.25, 0.3) is 0 Å². The molecule has 140 valence electrons. The second-order valence-electron chi connectivity index (χ2n) is 6.77. The summed E-state index contributed by atoms with van der Waals surface area (Å²) in [6, 6.07) is 8.48. The SMILES string of the molecule is CCNC(=NCc1ccccc1OC)N1CCC(C)C(n2ccnc2)C1. The highest BCUT2D eigenvalue weighted by atomic mass is 16.5. The van der Waals surface area contributed by atoms with E-state index in [1.807, 2.05) is 30.7 Å². The zero-order valence-electron chi connectivity index (χ0n) is 15.9. The summed E-state index contributed by atoms with van der Waals surface area (Å²) in [6.45, 7) is 7.85. The Labute approximate surface area is 155 Å². The molecule has 1 N–H and O–H groups in total.